The first-order chi connectivity index (χ1) is 14.3. The molecule has 1 aromatic carbocycles. The van der Waals surface area contributed by atoms with Gasteiger partial charge in [0.2, 0.25) is 11.8 Å². The van der Waals surface area contributed by atoms with Crippen LogP contribution in [-0.4, -0.2) is 46.2 Å². The van der Waals surface area contributed by atoms with E-state index >= 15 is 0 Å². The van der Waals surface area contributed by atoms with E-state index in [-0.39, 0.29) is 36.2 Å². The number of carbonyl (C=O) groups is 2. The average Bonchev–Trinajstić information content (AvgIpc) is 2.73. The van der Waals surface area contributed by atoms with Crippen molar-refractivity contribution in [1.82, 2.24) is 14.9 Å². The van der Waals surface area contributed by atoms with Gasteiger partial charge in [-0.3, -0.25) is 14.5 Å². The Morgan fingerprint density at radius 3 is 2.80 bits per heavy atom. The first-order valence-electron chi connectivity index (χ1n) is 9.63. The number of ketones is 1. The second kappa shape index (κ2) is 8.86. The summed E-state index contributed by atoms with van der Waals surface area (Å²) in [6.07, 6.45) is 6.95. The van der Waals surface area contributed by atoms with Crippen molar-refractivity contribution in [2.24, 2.45) is 10.7 Å². The summed E-state index contributed by atoms with van der Waals surface area (Å²) in [5.74, 6) is 0.287. The van der Waals surface area contributed by atoms with Crippen molar-refractivity contribution < 1.29 is 14.3 Å². The van der Waals surface area contributed by atoms with Gasteiger partial charge >= 0.3 is 0 Å². The summed E-state index contributed by atoms with van der Waals surface area (Å²) in [6.45, 7) is 4.16. The molecule has 1 aliphatic rings. The van der Waals surface area contributed by atoms with Crippen LogP contribution in [0.25, 0.3) is 0 Å². The highest BCUT2D eigenvalue weighted by Crippen LogP contribution is 2.33. The molecule has 156 valence electrons. The summed E-state index contributed by atoms with van der Waals surface area (Å²) in [5, 5.41) is 0. The topological polar surface area (TPSA) is 111 Å². The van der Waals surface area contributed by atoms with E-state index in [2.05, 4.69) is 15.0 Å². The number of ether oxygens (including phenoxy) is 1. The van der Waals surface area contributed by atoms with E-state index in [1.807, 2.05) is 50.3 Å². The minimum Gasteiger partial charge on any atom is -0.472 e. The number of rotatable bonds is 7. The third-order valence-electron chi connectivity index (χ3n) is 4.97. The number of carbonyl (C=O) groups excluding carboxylic acids is 2. The molecule has 2 aromatic rings. The van der Waals surface area contributed by atoms with Gasteiger partial charge in [0, 0.05) is 13.5 Å². The Kier molecular flexibility index (Phi) is 6.25. The molecule has 30 heavy (non-hydrogen) atoms. The molecule has 0 aliphatic carbocycles. The van der Waals surface area contributed by atoms with Gasteiger partial charge in [-0.25, -0.2) is 15.0 Å². The number of aliphatic imine (C=N–C) groups is 1. The molecular weight excluding hydrogens is 382 g/mol. The minimum absolute atomic E-state index is 0.0986. The van der Waals surface area contributed by atoms with Crippen molar-refractivity contribution in [2.75, 3.05) is 13.7 Å². The number of hydrogen-bond donors (Lipinski definition) is 1. The zero-order chi connectivity index (χ0) is 21.7. The van der Waals surface area contributed by atoms with Crippen LogP contribution in [0.4, 0.5) is 0 Å². The quantitative estimate of drug-likeness (QED) is 0.557. The van der Waals surface area contributed by atoms with Gasteiger partial charge in [0.15, 0.2) is 11.7 Å². The van der Waals surface area contributed by atoms with Crippen molar-refractivity contribution in [3.8, 4) is 5.88 Å². The van der Waals surface area contributed by atoms with E-state index < -0.39 is 5.54 Å². The third-order valence-corrected chi connectivity index (χ3v) is 4.97. The number of allylic oxidation sites excluding steroid dienone is 1. The Balaban J connectivity index is 1.74. The van der Waals surface area contributed by atoms with Crippen molar-refractivity contribution in [3.05, 3.63) is 65.6 Å². The maximum absolute atomic E-state index is 12.6. The summed E-state index contributed by atoms with van der Waals surface area (Å²) in [4.78, 5) is 39.0. The molecule has 1 amide bonds. The number of nitrogens with zero attached hydrogens (tertiary/aromatic N) is 4. The molecule has 8 heteroatoms. The van der Waals surface area contributed by atoms with Crippen LogP contribution in [0.5, 0.6) is 5.88 Å². The maximum Gasteiger partial charge on any atom is 0.232 e. The van der Waals surface area contributed by atoms with E-state index in [0.29, 0.717) is 12.5 Å². The molecule has 1 aromatic heterocycles. The fourth-order valence-electron chi connectivity index (χ4n) is 3.13. The van der Waals surface area contributed by atoms with Crippen LogP contribution in [0.1, 0.15) is 41.9 Å². The number of Topliss-reactive ketones (excluding diaryl/α,β-unsaturated/α-hetero) is 1. The Hall–Kier alpha value is -3.55. The summed E-state index contributed by atoms with van der Waals surface area (Å²) in [6, 6.07) is 7.48. The Labute approximate surface area is 175 Å². The lowest BCUT2D eigenvalue weighted by atomic mass is 9.86. The summed E-state index contributed by atoms with van der Waals surface area (Å²) in [5.41, 5.74) is 7.03. The third kappa shape index (κ3) is 4.71. The lowest BCUT2D eigenvalue weighted by Gasteiger charge is -2.33. The van der Waals surface area contributed by atoms with Gasteiger partial charge in [0.1, 0.15) is 12.3 Å². The van der Waals surface area contributed by atoms with Crippen LogP contribution in [0.3, 0.4) is 0 Å². The molecule has 0 fully saturated rings. The molecule has 1 atom stereocenters. The van der Waals surface area contributed by atoms with Crippen LogP contribution in [0, 0.1) is 0 Å². The second-order valence-electron chi connectivity index (χ2n) is 7.29. The zero-order valence-electron chi connectivity index (χ0n) is 17.3. The number of guanidine groups is 1. The predicted octanol–water partition coefficient (Wildman–Crippen LogP) is 2.25. The molecule has 0 bridgehead atoms. The molecule has 0 saturated heterocycles. The van der Waals surface area contributed by atoms with Gasteiger partial charge in [-0.2, -0.15) is 0 Å². The fourth-order valence-corrected chi connectivity index (χ4v) is 3.13. The fraction of sp³-hybridized carbons (Fsp3) is 0.318. The molecular formula is C22H25N5O3. The van der Waals surface area contributed by atoms with E-state index in [1.165, 1.54) is 17.3 Å². The van der Waals surface area contributed by atoms with Crippen molar-refractivity contribution >= 4 is 17.6 Å². The van der Waals surface area contributed by atoms with E-state index in [1.54, 1.807) is 7.05 Å². The highest BCUT2D eigenvalue weighted by molar-refractivity contribution is 5.99. The standard InChI is InChI=1S/C22H25N5O3/c1-4-5-9-30-19-14-24-17(13-25-19)18(28)11-15-7-6-8-16(10-15)22(2)12-20(29)27(3)21(23)26-22/h4-8,10,13-14H,9,11-12H2,1-3H3,(H2,23,26)/b5-4+. The summed E-state index contributed by atoms with van der Waals surface area (Å²) < 4.78 is 5.39. The van der Waals surface area contributed by atoms with Crippen LogP contribution in [0.2, 0.25) is 0 Å². The van der Waals surface area contributed by atoms with Gasteiger partial charge in [0.25, 0.3) is 0 Å². The average molecular weight is 407 g/mol. The van der Waals surface area contributed by atoms with E-state index in [0.717, 1.165) is 11.1 Å². The largest absolute Gasteiger partial charge is 0.472 e. The van der Waals surface area contributed by atoms with Gasteiger partial charge in [0.05, 0.1) is 24.4 Å². The first-order valence-corrected chi connectivity index (χ1v) is 9.63. The lowest BCUT2D eigenvalue weighted by molar-refractivity contribution is -0.128. The molecule has 2 heterocycles. The van der Waals surface area contributed by atoms with E-state index in [9.17, 15) is 9.59 Å². The Morgan fingerprint density at radius 1 is 1.33 bits per heavy atom. The molecule has 0 saturated carbocycles. The first kappa shape index (κ1) is 21.2. The van der Waals surface area contributed by atoms with Crippen LogP contribution in [-0.2, 0) is 16.8 Å². The second-order valence-corrected chi connectivity index (χ2v) is 7.29. The van der Waals surface area contributed by atoms with Crippen molar-refractivity contribution in [3.63, 3.8) is 0 Å². The normalized spacial score (nSPS) is 19.1. The number of hydrogen-bond acceptors (Lipinski definition) is 7. The molecule has 0 radical (unpaired) electrons. The molecule has 2 N–H and O–H groups in total. The van der Waals surface area contributed by atoms with Crippen LogP contribution >= 0.6 is 0 Å². The van der Waals surface area contributed by atoms with Gasteiger partial charge < -0.3 is 10.5 Å². The lowest BCUT2D eigenvalue weighted by Crippen LogP contribution is -2.47. The van der Waals surface area contributed by atoms with Crippen molar-refractivity contribution in [1.29, 1.82) is 0 Å². The Morgan fingerprint density at radius 2 is 2.13 bits per heavy atom. The van der Waals surface area contributed by atoms with E-state index in [4.69, 9.17) is 10.5 Å². The van der Waals surface area contributed by atoms with Gasteiger partial charge in [-0.15, -0.1) is 0 Å². The monoisotopic (exact) mass is 407 g/mol. The smallest absolute Gasteiger partial charge is 0.232 e. The maximum atomic E-state index is 12.6. The van der Waals surface area contributed by atoms with Crippen LogP contribution in [0.15, 0.2) is 53.8 Å². The van der Waals surface area contributed by atoms with Crippen molar-refractivity contribution in [2.45, 2.75) is 32.2 Å². The number of aromatic nitrogens is 2. The molecule has 8 nitrogen and oxygen atoms in total. The highest BCUT2D eigenvalue weighted by Gasteiger charge is 2.36. The molecule has 0 spiro atoms. The predicted molar refractivity (Wildman–Crippen MR) is 113 cm³/mol. The summed E-state index contributed by atoms with van der Waals surface area (Å²) in [7, 11) is 1.60. The number of nitrogens with two attached hydrogens (primary N) is 1. The molecule has 1 unspecified atom stereocenters. The molecule has 1 aliphatic heterocycles. The number of amides is 1. The zero-order valence-corrected chi connectivity index (χ0v) is 17.3. The number of benzene rings is 1. The SMILES string of the molecule is C/C=C/COc1cnc(C(=O)Cc2cccc(C3(C)CC(=O)N(C)C(N)=N3)c2)cn1. The van der Waals surface area contributed by atoms with Crippen LogP contribution < -0.4 is 10.5 Å². The minimum atomic E-state index is -0.765. The van der Waals surface area contributed by atoms with Gasteiger partial charge in [-0.05, 0) is 25.0 Å². The summed E-state index contributed by atoms with van der Waals surface area (Å²) >= 11 is 0. The highest BCUT2D eigenvalue weighted by atomic mass is 16.5. The van der Waals surface area contributed by atoms with Gasteiger partial charge in [-0.1, -0.05) is 36.4 Å². The Bertz CT molecular complexity index is 1000. The molecule has 3 rings (SSSR count).